The normalized spacial score (nSPS) is 10.3. The summed E-state index contributed by atoms with van der Waals surface area (Å²) in [4.78, 5) is 27.8. The van der Waals surface area contributed by atoms with Crippen molar-refractivity contribution in [1.29, 1.82) is 0 Å². The van der Waals surface area contributed by atoms with Crippen molar-refractivity contribution in [1.82, 2.24) is 15.2 Å². The lowest BCUT2D eigenvalue weighted by Gasteiger charge is -2.10. The van der Waals surface area contributed by atoms with Crippen molar-refractivity contribution in [2.24, 2.45) is 0 Å². The van der Waals surface area contributed by atoms with Crippen LogP contribution in [0, 0.1) is 0 Å². The minimum absolute atomic E-state index is 0.0584. The average Bonchev–Trinajstić information content (AvgIpc) is 2.35. The molecule has 0 spiro atoms. The van der Waals surface area contributed by atoms with E-state index in [-0.39, 0.29) is 11.7 Å². The molecule has 1 heterocycles. The maximum atomic E-state index is 11.5. The first-order valence-electron chi connectivity index (χ1n) is 5.88. The second-order valence-electron chi connectivity index (χ2n) is 4.27. The van der Waals surface area contributed by atoms with Crippen LogP contribution in [0.4, 0.5) is 10.5 Å². The van der Waals surface area contributed by atoms with Gasteiger partial charge in [-0.2, -0.15) is 0 Å². The summed E-state index contributed by atoms with van der Waals surface area (Å²) >= 11 is 0. The van der Waals surface area contributed by atoms with E-state index in [0.717, 1.165) is 13.0 Å². The van der Waals surface area contributed by atoms with Gasteiger partial charge in [0.25, 0.3) is 0 Å². The van der Waals surface area contributed by atoms with Gasteiger partial charge in [0.15, 0.2) is 0 Å². The number of pyridine rings is 1. The molecule has 0 fully saturated rings. The molecule has 0 aliphatic rings. The number of carboxylic acid groups (broad SMARTS) is 1. The summed E-state index contributed by atoms with van der Waals surface area (Å²) in [6.45, 7) is 1.47. The molecule has 7 heteroatoms. The third-order valence-electron chi connectivity index (χ3n) is 2.31. The Morgan fingerprint density at radius 2 is 2.11 bits per heavy atom. The van der Waals surface area contributed by atoms with E-state index < -0.39 is 5.97 Å². The lowest BCUT2D eigenvalue weighted by atomic mass is 10.3. The lowest BCUT2D eigenvalue weighted by Crippen LogP contribution is -2.31. The van der Waals surface area contributed by atoms with Gasteiger partial charge in [0, 0.05) is 6.54 Å². The zero-order chi connectivity index (χ0) is 14.3. The third kappa shape index (κ3) is 5.82. The fourth-order valence-corrected chi connectivity index (χ4v) is 1.37. The molecule has 2 amide bonds. The molecule has 0 aliphatic carbocycles. The predicted octanol–water partition coefficient (Wildman–Crippen LogP) is 0.853. The molecule has 1 rings (SSSR count). The number of anilines is 1. The highest BCUT2D eigenvalue weighted by molar-refractivity contribution is 5.90. The Hall–Kier alpha value is -2.15. The number of urea groups is 1. The molecule has 0 unspecified atom stereocenters. The number of carbonyl (C=O) groups excluding carboxylic acids is 1. The molecular weight excluding hydrogens is 248 g/mol. The highest BCUT2D eigenvalue weighted by Crippen LogP contribution is 2.05. The number of carbonyl (C=O) groups is 2. The summed E-state index contributed by atoms with van der Waals surface area (Å²) in [5.41, 5.74) is 0.395. The molecule has 0 atom stereocenters. The Kier molecular flexibility index (Phi) is 5.74. The fourth-order valence-electron chi connectivity index (χ4n) is 1.37. The maximum absolute atomic E-state index is 11.5. The standard InChI is InChI=1S/C12H18N4O3/c1-16(2)7-3-6-13-12(19)15-9-4-5-10(11(17)18)14-8-9/h4-5,8H,3,6-7H2,1-2H3,(H,17,18)(H2,13,15,19). The van der Waals surface area contributed by atoms with E-state index in [9.17, 15) is 9.59 Å². The fraction of sp³-hybridized carbons (Fsp3) is 0.417. The lowest BCUT2D eigenvalue weighted by molar-refractivity contribution is 0.0690. The third-order valence-corrected chi connectivity index (χ3v) is 2.31. The molecule has 1 aromatic heterocycles. The molecule has 3 N–H and O–H groups in total. The van der Waals surface area contributed by atoms with Gasteiger partial charge in [-0.3, -0.25) is 0 Å². The van der Waals surface area contributed by atoms with E-state index in [1.54, 1.807) is 0 Å². The highest BCUT2D eigenvalue weighted by Gasteiger charge is 2.05. The largest absolute Gasteiger partial charge is 0.477 e. The van der Waals surface area contributed by atoms with Crippen LogP contribution in [0.1, 0.15) is 16.9 Å². The number of aromatic carboxylic acids is 1. The number of aromatic nitrogens is 1. The molecule has 7 nitrogen and oxygen atoms in total. The summed E-state index contributed by atoms with van der Waals surface area (Å²) in [5.74, 6) is -1.10. The molecule has 19 heavy (non-hydrogen) atoms. The van der Waals surface area contributed by atoms with Gasteiger partial charge in [-0.25, -0.2) is 14.6 Å². The van der Waals surface area contributed by atoms with Crippen LogP contribution in [0.15, 0.2) is 18.3 Å². The van der Waals surface area contributed by atoms with E-state index >= 15 is 0 Å². The number of rotatable bonds is 6. The van der Waals surface area contributed by atoms with Crippen molar-refractivity contribution in [2.45, 2.75) is 6.42 Å². The Bertz CT molecular complexity index is 431. The van der Waals surface area contributed by atoms with Gasteiger partial charge in [0.2, 0.25) is 0 Å². The molecule has 0 saturated heterocycles. The molecule has 104 valence electrons. The van der Waals surface area contributed by atoms with Gasteiger partial charge in [0.05, 0.1) is 11.9 Å². The predicted molar refractivity (Wildman–Crippen MR) is 71.4 cm³/mol. The van der Waals surface area contributed by atoms with Crippen molar-refractivity contribution in [3.8, 4) is 0 Å². The van der Waals surface area contributed by atoms with Gasteiger partial charge in [-0.15, -0.1) is 0 Å². The Labute approximate surface area is 111 Å². The summed E-state index contributed by atoms with van der Waals surface area (Å²) in [5, 5.41) is 14.0. The number of amides is 2. The monoisotopic (exact) mass is 266 g/mol. The zero-order valence-electron chi connectivity index (χ0n) is 11.0. The van der Waals surface area contributed by atoms with Crippen LogP contribution in [0.3, 0.4) is 0 Å². The second kappa shape index (κ2) is 7.32. The first kappa shape index (κ1) is 14.9. The van der Waals surface area contributed by atoms with E-state index in [1.807, 2.05) is 19.0 Å². The SMILES string of the molecule is CN(C)CCCNC(=O)Nc1ccc(C(=O)O)nc1. The zero-order valence-corrected chi connectivity index (χ0v) is 11.0. The van der Waals surface area contributed by atoms with Crippen molar-refractivity contribution in [3.63, 3.8) is 0 Å². The summed E-state index contributed by atoms with van der Waals surface area (Å²) in [6.07, 6.45) is 2.17. The first-order chi connectivity index (χ1) is 8.99. The minimum Gasteiger partial charge on any atom is -0.477 e. The van der Waals surface area contributed by atoms with E-state index in [2.05, 4.69) is 15.6 Å². The Morgan fingerprint density at radius 1 is 1.37 bits per heavy atom. The van der Waals surface area contributed by atoms with Crippen LogP contribution in [0.5, 0.6) is 0 Å². The smallest absolute Gasteiger partial charge is 0.354 e. The van der Waals surface area contributed by atoms with Crippen molar-refractivity contribution >= 4 is 17.7 Å². The minimum atomic E-state index is -1.10. The van der Waals surface area contributed by atoms with E-state index in [4.69, 9.17) is 5.11 Å². The first-order valence-corrected chi connectivity index (χ1v) is 5.88. The van der Waals surface area contributed by atoms with Gasteiger partial charge in [-0.05, 0) is 39.2 Å². The number of nitrogens with zero attached hydrogens (tertiary/aromatic N) is 2. The number of hydrogen-bond acceptors (Lipinski definition) is 4. The van der Waals surface area contributed by atoms with Gasteiger partial charge < -0.3 is 20.6 Å². The Morgan fingerprint density at radius 3 is 2.63 bits per heavy atom. The number of hydrogen-bond donors (Lipinski definition) is 3. The second-order valence-corrected chi connectivity index (χ2v) is 4.27. The van der Waals surface area contributed by atoms with Crippen LogP contribution in [-0.4, -0.2) is 54.2 Å². The van der Waals surface area contributed by atoms with Gasteiger partial charge in [-0.1, -0.05) is 0 Å². The van der Waals surface area contributed by atoms with Gasteiger partial charge >= 0.3 is 12.0 Å². The highest BCUT2D eigenvalue weighted by atomic mass is 16.4. The van der Waals surface area contributed by atoms with Crippen LogP contribution < -0.4 is 10.6 Å². The van der Waals surface area contributed by atoms with Crippen molar-refractivity contribution in [3.05, 3.63) is 24.0 Å². The molecule has 0 radical (unpaired) electrons. The van der Waals surface area contributed by atoms with E-state index in [0.29, 0.717) is 12.2 Å². The van der Waals surface area contributed by atoms with E-state index in [1.165, 1.54) is 18.3 Å². The van der Waals surface area contributed by atoms with Crippen LogP contribution >= 0.6 is 0 Å². The van der Waals surface area contributed by atoms with Crippen LogP contribution in [0.25, 0.3) is 0 Å². The average molecular weight is 266 g/mol. The Balaban J connectivity index is 2.34. The molecule has 0 aliphatic heterocycles. The molecule has 1 aromatic rings. The van der Waals surface area contributed by atoms with Crippen LogP contribution in [0.2, 0.25) is 0 Å². The molecule has 0 aromatic carbocycles. The molecule has 0 saturated carbocycles. The number of carboxylic acids is 1. The van der Waals surface area contributed by atoms with Crippen LogP contribution in [-0.2, 0) is 0 Å². The number of nitrogens with one attached hydrogen (secondary N) is 2. The maximum Gasteiger partial charge on any atom is 0.354 e. The molecular formula is C12H18N4O3. The molecule has 0 bridgehead atoms. The summed E-state index contributed by atoms with van der Waals surface area (Å²) < 4.78 is 0. The van der Waals surface area contributed by atoms with Crippen molar-refractivity contribution < 1.29 is 14.7 Å². The summed E-state index contributed by atoms with van der Waals surface area (Å²) in [7, 11) is 3.94. The topological polar surface area (TPSA) is 94.6 Å². The quantitative estimate of drug-likeness (QED) is 0.664. The van der Waals surface area contributed by atoms with Crippen molar-refractivity contribution in [2.75, 3.05) is 32.5 Å². The van der Waals surface area contributed by atoms with Gasteiger partial charge in [0.1, 0.15) is 5.69 Å². The summed E-state index contributed by atoms with van der Waals surface area (Å²) in [6, 6.07) is 2.50.